The number of carbonyl (C=O) groups excluding carboxylic acids is 2. The molecule has 0 aromatic carbocycles. The Morgan fingerprint density at radius 3 is 1.66 bits per heavy atom. The molecule has 0 aliphatic heterocycles. The highest BCUT2D eigenvalue weighted by Gasteiger charge is 2.28. The van der Waals surface area contributed by atoms with E-state index in [4.69, 9.17) is 13.8 Å². The molecule has 4 N–H and O–H groups in total. The summed E-state index contributed by atoms with van der Waals surface area (Å²) in [6, 6.07) is -1.55. The number of amides is 1. The van der Waals surface area contributed by atoms with Crippen LogP contribution in [0, 0.1) is 0 Å². The number of ether oxygens (including phenoxy) is 1. The van der Waals surface area contributed by atoms with Crippen LogP contribution in [0.25, 0.3) is 0 Å². The van der Waals surface area contributed by atoms with Crippen molar-refractivity contribution in [1.82, 2.24) is 5.32 Å². The third-order valence-corrected chi connectivity index (χ3v) is 9.30. The summed E-state index contributed by atoms with van der Waals surface area (Å²) in [5, 5.41) is 21.8. The second-order valence-corrected chi connectivity index (χ2v) is 14.9. The molecule has 0 aromatic rings. The summed E-state index contributed by atoms with van der Waals surface area (Å²) in [6.07, 6.45) is 38.5. The topological polar surface area (TPSA) is 169 Å². The lowest BCUT2D eigenvalue weighted by atomic mass is 10.1. The van der Waals surface area contributed by atoms with Gasteiger partial charge in [0.25, 0.3) is 0 Å². The Kier molecular flexibility index (Phi) is 34.7. The summed E-state index contributed by atoms with van der Waals surface area (Å²) in [6.45, 7) is 2.42. The predicted octanol–water partition coefficient (Wildman–Crippen LogP) is 9.83. The van der Waals surface area contributed by atoms with E-state index in [1.54, 1.807) is 0 Å². The number of hydrogen-bond acceptors (Lipinski definition) is 8. The monoisotopic (exact) mass is 769 g/mol. The van der Waals surface area contributed by atoms with Crippen molar-refractivity contribution in [3.8, 4) is 0 Å². The Labute approximate surface area is 320 Å². The quantitative estimate of drug-likeness (QED) is 0.0207. The molecule has 0 aromatic heterocycles. The van der Waals surface area contributed by atoms with E-state index in [1.807, 2.05) is 0 Å². The fraction of sp³-hybridized carbons (Fsp3) is 0.732. The van der Waals surface area contributed by atoms with Crippen LogP contribution in [-0.4, -0.2) is 64.9 Å². The summed E-state index contributed by atoms with van der Waals surface area (Å²) >= 11 is 0. The molecule has 0 radical (unpaired) electrons. The zero-order chi connectivity index (χ0) is 39.3. The number of rotatable bonds is 37. The summed E-state index contributed by atoms with van der Waals surface area (Å²) < 4.78 is 26.7. The van der Waals surface area contributed by atoms with Crippen LogP contribution < -0.4 is 5.32 Å². The minimum atomic E-state index is -4.76. The molecule has 1 amide bonds. The van der Waals surface area contributed by atoms with Gasteiger partial charge in [-0.3, -0.25) is 18.6 Å². The summed E-state index contributed by atoms with van der Waals surface area (Å²) in [5.41, 5.74) is 0. The molecule has 0 saturated carbocycles. The number of hydrogen-bond donors (Lipinski definition) is 4. The zero-order valence-electron chi connectivity index (χ0n) is 32.8. The van der Waals surface area contributed by atoms with Crippen LogP contribution in [-0.2, 0) is 32.7 Å². The number of aliphatic carboxylic acids is 1. The van der Waals surface area contributed by atoms with Crippen molar-refractivity contribution >= 4 is 25.7 Å². The number of carboxylic acids is 1. The largest absolute Gasteiger partial charge is 0.480 e. The first kappa shape index (κ1) is 50.4. The van der Waals surface area contributed by atoms with Gasteiger partial charge in [-0.1, -0.05) is 127 Å². The molecule has 0 spiro atoms. The highest BCUT2D eigenvalue weighted by atomic mass is 31.2. The highest BCUT2D eigenvalue weighted by Crippen LogP contribution is 2.43. The van der Waals surface area contributed by atoms with Crippen molar-refractivity contribution in [2.45, 2.75) is 174 Å². The number of nitrogens with one attached hydrogen (secondary N) is 1. The first-order valence-electron chi connectivity index (χ1n) is 20.2. The Morgan fingerprint density at radius 2 is 1.09 bits per heavy atom. The lowest BCUT2D eigenvalue weighted by Gasteiger charge is -2.18. The minimum Gasteiger partial charge on any atom is -0.480 e. The molecule has 0 fully saturated rings. The predicted molar refractivity (Wildman–Crippen MR) is 212 cm³/mol. The zero-order valence-corrected chi connectivity index (χ0v) is 33.7. The van der Waals surface area contributed by atoms with E-state index in [-0.39, 0.29) is 12.8 Å². The molecular weight excluding hydrogens is 697 g/mol. The fourth-order valence-electron chi connectivity index (χ4n) is 5.20. The number of carbonyl (C=O) groups is 3. The Balaban J connectivity index is 3.97. The molecule has 0 bridgehead atoms. The van der Waals surface area contributed by atoms with Crippen LogP contribution in [0.15, 0.2) is 48.6 Å². The van der Waals surface area contributed by atoms with E-state index in [0.717, 1.165) is 103 Å². The number of aliphatic hydroxyl groups is 1. The second-order valence-electron chi connectivity index (χ2n) is 13.4. The fourth-order valence-corrected chi connectivity index (χ4v) is 5.98. The van der Waals surface area contributed by atoms with E-state index in [0.29, 0.717) is 12.8 Å². The Morgan fingerprint density at radius 1 is 0.623 bits per heavy atom. The average molecular weight is 770 g/mol. The lowest BCUT2D eigenvalue weighted by Crippen LogP contribution is -2.43. The van der Waals surface area contributed by atoms with Crippen molar-refractivity contribution in [3.05, 3.63) is 48.6 Å². The maximum absolute atomic E-state index is 12.3. The van der Waals surface area contributed by atoms with Crippen molar-refractivity contribution in [2.75, 3.05) is 19.8 Å². The van der Waals surface area contributed by atoms with Crippen molar-refractivity contribution in [2.24, 2.45) is 0 Å². The minimum absolute atomic E-state index is 0.132. The van der Waals surface area contributed by atoms with Crippen LogP contribution in [0.5, 0.6) is 0 Å². The third-order valence-electron chi connectivity index (χ3n) is 8.35. The van der Waals surface area contributed by atoms with Crippen molar-refractivity contribution in [3.63, 3.8) is 0 Å². The van der Waals surface area contributed by atoms with Crippen LogP contribution in [0.4, 0.5) is 0 Å². The van der Waals surface area contributed by atoms with Gasteiger partial charge < -0.3 is 25.2 Å². The molecule has 0 saturated heterocycles. The Hall–Kier alpha value is -2.56. The van der Waals surface area contributed by atoms with Gasteiger partial charge in [-0.15, -0.1) is 0 Å². The third kappa shape index (κ3) is 36.2. The molecule has 0 aliphatic carbocycles. The molecule has 0 heterocycles. The normalized spacial score (nSPS) is 14.3. The molecule has 11 nitrogen and oxygen atoms in total. The average Bonchev–Trinajstić information content (AvgIpc) is 3.13. The van der Waals surface area contributed by atoms with E-state index < -0.39 is 57.6 Å². The van der Waals surface area contributed by atoms with Gasteiger partial charge in [-0.2, -0.15) is 0 Å². The number of phosphoric acid groups is 1. The standard InChI is InChI=1S/C41H72NO10P/c1-3-5-7-9-11-13-15-17-18-19-20-21-22-24-26-28-30-32-39(44)42-38(41(46)47)36-52-53(48,49)51-35-37(43)34-50-40(45)33-31-29-27-25-23-16-14-12-10-8-6-4-2/h5,7,11-14,17-18,37-38,43H,3-4,6,8-10,15-16,19-36H2,1-2H3,(H,42,44)(H,46,47)(H,48,49)/b7-5-,13-11-,14-12-,18-17-. The molecule has 3 unspecified atom stereocenters. The number of carboxylic acid groups (broad SMARTS) is 1. The Bertz CT molecular complexity index is 1090. The maximum atomic E-state index is 12.3. The van der Waals surface area contributed by atoms with Crippen LogP contribution in [0.2, 0.25) is 0 Å². The summed E-state index contributed by atoms with van der Waals surface area (Å²) in [4.78, 5) is 45.8. The highest BCUT2D eigenvalue weighted by molar-refractivity contribution is 7.47. The molecule has 306 valence electrons. The van der Waals surface area contributed by atoms with Gasteiger partial charge in [0.05, 0.1) is 13.2 Å². The first-order chi connectivity index (χ1) is 25.6. The molecule has 12 heteroatoms. The lowest BCUT2D eigenvalue weighted by molar-refractivity contribution is -0.147. The smallest absolute Gasteiger partial charge is 0.472 e. The number of aliphatic hydroxyl groups excluding tert-OH is 1. The van der Waals surface area contributed by atoms with Gasteiger partial charge in [0, 0.05) is 12.8 Å². The number of allylic oxidation sites excluding steroid dienone is 8. The maximum Gasteiger partial charge on any atom is 0.472 e. The van der Waals surface area contributed by atoms with Crippen LogP contribution in [0.1, 0.15) is 162 Å². The van der Waals surface area contributed by atoms with E-state index in [9.17, 15) is 34.1 Å². The van der Waals surface area contributed by atoms with Gasteiger partial charge in [-0.25, -0.2) is 9.36 Å². The van der Waals surface area contributed by atoms with E-state index in [2.05, 4.69) is 67.8 Å². The van der Waals surface area contributed by atoms with Crippen molar-refractivity contribution in [1.29, 1.82) is 0 Å². The first-order valence-corrected chi connectivity index (χ1v) is 21.7. The van der Waals surface area contributed by atoms with Gasteiger partial charge in [-0.05, 0) is 70.6 Å². The van der Waals surface area contributed by atoms with E-state index >= 15 is 0 Å². The molecule has 3 atom stereocenters. The number of phosphoric ester groups is 1. The molecule has 53 heavy (non-hydrogen) atoms. The van der Waals surface area contributed by atoms with Crippen LogP contribution in [0.3, 0.4) is 0 Å². The second kappa shape index (κ2) is 36.4. The van der Waals surface area contributed by atoms with E-state index in [1.165, 1.54) is 19.3 Å². The molecular formula is C41H72NO10P. The molecule has 0 rings (SSSR count). The number of esters is 1. The van der Waals surface area contributed by atoms with Crippen LogP contribution >= 0.6 is 7.82 Å². The van der Waals surface area contributed by atoms with Gasteiger partial charge in [0.1, 0.15) is 12.7 Å². The van der Waals surface area contributed by atoms with Gasteiger partial charge in [0.2, 0.25) is 5.91 Å². The van der Waals surface area contributed by atoms with Gasteiger partial charge >= 0.3 is 19.8 Å². The van der Waals surface area contributed by atoms with Gasteiger partial charge in [0.15, 0.2) is 6.04 Å². The number of unbranched alkanes of at least 4 members (excludes halogenated alkanes) is 15. The molecule has 0 aliphatic rings. The van der Waals surface area contributed by atoms with Crippen molar-refractivity contribution < 1.29 is 47.8 Å². The summed E-state index contributed by atoms with van der Waals surface area (Å²) in [5.74, 6) is -2.40. The SMILES string of the molecule is CC/C=C\C/C=C\C/C=C\CCCCCCCCCC(=O)NC(COP(=O)(O)OCC(O)COC(=O)CCCCCCC/C=C\CCCCC)C(=O)O. The summed E-state index contributed by atoms with van der Waals surface area (Å²) in [7, 11) is -4.76.